The molecule has 1 atom stereocenters. The Labute approximate surface area is 132 Å². The van der Waals surface area contributed by atoms with Gasteiger partial charge < -0.3 is 10.1 Å². The first-order valence-electron chi connectivity index (χ1n) is 7.37. The lowest BCUT2D eigenvalue weighted by atomic mass is 10.1. The maximum absolute atomic E-state index is 6.31. The first-order valence-corrected chi connectivity index (χ1v) is 7.75. The summed E-state index contributed by atoms with van der Waals surface area (Å²) in [7, 11) is 1.93. The summed E-state index contributed by atoms with van der Waals surface area (Å²) >= 11 is 6.31. The number of nitrogens with one attached hydrogen (secondary N) is 1. The van der Waals surface area contributed by atoms with E-state index in [1.165, 1.54) is 5.56 Å². The predicted molar refractivity (Wildman–Crippen MR) is 89.4 cm³/mol. The molecule has 1 N–H and O–H groups in total. The van der Waals surface area contributed by atoms with Gasteiger partial charge in [-0.15, -0.1) is 0 Å². The van der Waals surface area contributed by atoms with E-state index < -0.39 is 0 Å². The van der Waals surface area contributed by atoms with Crippen LogP contribution in [-0.4, -0.2) is 7.05 Å². The summed E-state index contributed by atoms with van der Waals surface area (Å²) in [5.74, 6) is 1.50. The van der Waals surface area contributed by atoms with Gasteiger partial charge in [0.15, 0.2) is 0 Å². The van der Waals surface area contributed by atoms with Crippen molar-refractivity contribution in [2.45, 2.75) is 32.7 Å². The summed E-state index contributed by atoms with van der Waals surface area (Å²) in [6.45, 7) is 4.27. The number of ether oxygens (including phenoxy) is 1. The SMILES string of the molecule is CCCc1ccc(Oc2ccc(C(C)NC)cc2Cl)cc1. The molecular weight excluding hydrogens is 282 g/mol. The highest BCUT2D eigenvalue weighted by atomic mass is 35.5. The van der Waals surface area contributed by atoms with E-state index in [4.69, 9.17) is 16.3 Å². The molecule has 2 rings (SSSR count). The highest BCUT2D eigenvalue weighted by Gasteiger charge is 2.08. The number of hydrogen-bond donors (Lipinski definition) is 1. The zero-order valence-corrected chi connectivity index (χ0v) is 13.6. The molecule has 2 aromatic carbocycles. The van der Waals surface area contributed by atoms with Crippen molar-refractivity contribution < 1.29 is 4.74 Å². The Morgan fingerprint density at radius 1 is 1.14 bits per heavy atom. The van der Waals surface area contributed by atoms with Crippen molar-refractivity contribution in [3.05, 3.63) is 58.6 Å². The van der Waals surface area contributed by atoms with Crippen molar-refractivity contribution >= 4 is 11.6 Å². The molecular formula is C18H22ClNO. The molecule has 0 aliphatic rings. The van der Waals surface area contributed by atoms with Gasteiger partial charge in [-0.2, -0.15) is 0 Å². The quantitative estimate of drug-likeness (QED) is 0.775. The third-order valence-corrected chi connectivity index (χ3v) is 3.87. The maximum Gasteiger partial charge on any atom is 0.146 e. The van der Waals surface area contributed by atoms with Crippen LogP contribution < -0.4 is 10.1 Å². The minimum Gasteiger partial charge on any atom is -0.456 e. The van der Waals surface area contributed by atoms with Crippen LogP contribution in [-0.2, 0) is 6.42 Å². The Balaban J connectivity index is 2.12. The van der Waals surface area contributed by atoms with Crippen molar-refractivity contribution in [3.8, 4) is 11.5 Å². The Hall–Kier alpha value is -1.51. The monoisotopic (exact) mass is 303 g/mol. The minimum absolute atomic E-state index is 0.268. The summed E-state index contributed by atoms with van der Waals surface area (Å²) in [5.41, 5.74) is 2.47. The van der Waals surface area contributed by atoms with Gasteiger partial charge in [-0.1, -0.05) is 43.1 Å². The van der Waals surface area contributed by atoms with E-state index in [0.29, 0.717) is 10.8 Å². The number of benzene rings is 2. The summed E-state index contributed by atoms with van der Waals surface area (Å²) < 4.78 is 5.86. The summed E-state index contributed by atoms with van der Waals surface area (Å²) in [6, 6.07) is 14.4. The van der Waals surface area contributed by atoms with E-state index in [9.17, 15) is 0 Å². The van der Waals surface area contributed by atoms with E-state index >= 15 is 0 Å². The lowest BCUT2D eigenvalue weighted by Crippen LogP contribution is -2.12. The highest BCUT2D eigenvalue weighted by Crippen LogP contribution is 2.31. The Bertz CT molecular complexity index is 580. The number of hydrogen-bond acceptors (Lipinski definition) is 2. The van der Waals surface area contributed by atoms with Crippen molar-refractivity contribution in [1.29, 1.82) is 0 Å². The van der Waals surface area contributed by atoms with Crippen LogP contribution in [0.15, 0.2) is 42.5 Å². The third kappa shape index (κ3) is 4.23. The number of rotatable bonds is 6. The zero-order chi connectivity index (χ0) is 15.2. The molecule has 0 bridgehead atoms. The van der Waals surface area contributed by atoms with Crippen LogP contribution in [0.5, 0.6) is 11.5 Å². The van der Waals surface area contributed by atoms with E-state index in [1.54, 1.807) is 0 Å². The van der Waals surface area contributed by atoms with Gasteiger partial charge in [-0.25, -0.2) is 0 Å². The van der Waals surface area contributed by atoms with Gasteiger partial charge in [0, 0.05) is 6.04 Å². The second kappa shape index (κ2) is 7.48. The minimum atomic E-state index is 0.268. The van der Waals surface area contributed by atoms with Crippen LogP contribution in [0.4, 0.5) is 0 Å². The molecule has 112 valence electrons. The molecule has 0 heterocycles. The van der Waals surface area contributed by atoms with Crippen molar-refractivity contribution in [2.75, 3.05) is 7.05 Å². The Kier molecular flexibility index (Phi) is 5.66. The largest absolute Gasteiger partial charge is 0.456 e. The highest BCUT2D eigenvalue weighted by molar-refractivity contribution is 6.32. The molecule has 2 nitrogen and oxygen atoms in total. The van der Waals surface area contributed by atoms with E-state index in [1.807, 2.05) is 37.4 Å². The number of halogens is 1. The molecule has 0 fully saturated rings. The van der Waals surface area contributed by atoms with Crippen LogP contribution in [0.3, 0.4) is 0 Å². The van der Waals surface area contributed by atoms with E-state index in [-0.39, 0.29) is 6.04 Å². The second-order valence-electron chi connectivity index (χ2n) is 5.20. The molecule has 0 spiro atoms. The van der Waals surface area contributed by atoms with E-state index in [0.717, 1.165) is 24.2 Å². The lowest BCUT2D eigenvalue weighted by Gasteiger charge is -2.13. The average Bonchev–Trinajstić information content (AvgIpc) is 2.50. The fraction of sp³-hybridized carbons (Fsp3) is 0.333. The number of aryl methyl sites for hydroxylation is 1. The maximum atomic E-state index is 6.31. The van der Waals surface area contributed by atoms with Gasteiger partial charge in [0.2, 0.25) is 0 Å². The summed E-state index contributed by atoms with van der Waals surface area (Å²) in [5, 5.41) is 3.83. The first-order chi connectivity index (χ1) is 10.1. The van der Waals surface area contributed by atoms with Crippen molar-refractivity contribution in [3.63, 3.8) is 0 Å². The summed E-state index contributed by atoms with van der Waals surface area (Å²) in [4.78, 5) is 0. The molecule has 0 radical (unpaired) electrons. The smallest absolute Gasteiger partial charge is 0.146 e. The van der Waals surface area contributed by atoms with Gasteiger partial charge >= 0.3 is 0 Å². The van der Waals surface area contributed by atoms with Gasteiger partial charge in [0.1, 0.15) is 11.5 Å². The normalized spacial score (nSPS) is 12.2. The van der Waals surface area contributed by atoms with E-state index in [2.05, 4.69) is 31.3 Å². The standard InChI is InChI=1S/C18H22ClNO/c1-4-5-14-6-9-16(10-7-14)21-18-11-8-15(12-17(18)19)13(2)20-3/h6-13,20H,4-5H2,1-3H3. The topological polar surface area (TPSA) is 21.3 Å². The molecule has 21 heavy (non-hydrogen) atoms. The van der Waals surface area contributed by atoms with Gasteiger partial charge in [-0.05, 0) is 55.8 Å². The molecule has 0 aliphatic heterocycles. The van der Waals surface area contributed by atoms with Crippen LogP contribution in [0.2, 0.25) is 5.02 Å². The van der Waals surface area contributed by atoms with Gasteiger partial charge in [0.05, 0.1) is 5.02 Å². The molecule has 2 aromatic rings. The molecule has 1 unspecified atom stereocenters. The summed E-state index contributed by atoms with van der Waals surface area (Å²) in [6.07, 6.45) is 2.24. The Morgan fingerprint density at radius 3 is 2.43 bits per heavy atom. The molecule has 0 saturated carbocycles. The van der Waals surface area contributed by atoms with Crippen LogP contribution in [0, 0.1) is 0 Å². The van der Waals surface area contributed by atoms with Crippen LogP contribution in [0.1, 0.15) is 37.4 Å². The molecule has 0 saturated heterocycles. The zero-order valence-electron chi connectivity index (χ0n) is 12.8. The fourth-order valence-electron chi connectivity index (χ4n) is 2.18. The van der Waals surface area contributed by atoms with Gasteiger partial charge in [-0.3, -0.25) is 0 Å². The lowest BCUT2D eigenvalue weighted by molar-refractivity contribution is 0.482. The molecule has 0 amide bonds. The van der Waals surface area contributed by atoms with Crippen molar-refractivity contribution in [1.82, 2.24) is 5.32 Å². The fourth-order valence-corrected chi connectivity index (χ4v) is 2.40. The molecule has 0 aromatic heterocycles. The van der Waals surface area contributed by atoms with Crippen LogP contribution in [0.25, 0.3) is 0 Å². The predicted octanol–water partition coefficient (Wildman–Crippen LogP) is 5.37. The molecule has 0 aliphatic carbocycles. The first kappa shape index (κ1) is 15.9. The van der Waals surface area contributed by atoms with Crippen molar-refractivity contribution in [2.24, 2.45) is 0 Å². The average molecular weight is 304 g/mol. The Morgan fingerprint density at radius 2 is 1.86 bits per heavy atom. The van der Waals surface area contributed by atoms with Gasteiger partial charge in [0.25, 0.3) is 0 Å². The second-order valence-corrected chi connectivity index (χ2v) is 5.60. The third-order valence-electron chi connectivity index (χ3n) is 3.58. The van der Waals surface area contributed by atoms with Crippen LogP contribution >= 0.6 is 11.6 Å². The molecule has 3 heteroatoms.